The van der Waals surface area contributed by atoms with E-state index >= 15 is 0 Å². The van der Waals surface area contributed by atoms with Gasteiger partial charge in [0.1, 0.15) is 0 Å². The lowest BCUT2D eigenvalue weighted by Gasteiger charge is -2.01. The summed E-state index contributed by atoms with van der Waals surface area (Å²) in [6, 6.07) is 11.0. The molecule has 3 rings (SSSR count). The molecule has 21 heavy (non-hydrogen) atoms. The quantitative estimate of drug-likeness (QED) is 0.657. The van der Waals surface area contributed by atoms with E-state index in [1.54, 1.807) is 12.1 Å². The summed E-state index contributed by atoms with van der Waals surface area (Å²) in [7, 11) is 0. The second-order valence-electron chi connectivity index (χ2n) is 4.55. The van der Waals surface area contributed by atoms with Crippen LogP contribution in [0.15, 0.2) is 40.9 Å². The average Bonchev–Trinajstić information content (AvgIpc) is 2.80. The molecule has 1 aromatic heterocycles. The van der Waals surface area contributed by atoms with Gasteiger partial charge < -0.3 is 0 Å². The van der Waals surface area contributed by atoms with E-state index in [2.05, 4.69) is 26.2 Å². The van der Waals surface area contributed by atoms with E-state index in [4.69, 9.17) is 11.6 Å². The number of halogens is 2. The highest BCUT2D eigenvalue weighted by Crippen LogP contribution is 2.30. The average molecular weight is 382 g/mol. The van der Waals surface area contributed by atoms with E-state index in [0.29, 0.717) is 15.7 Å². The number of carbonyl (C=O) groups is 1. The van der Waals surface area contributed by atoms with Crippen molar-refractivity contribution in [1.29, 1.82) is 0 Å². The number of amides is 1. The lowest BCUT2D eigenvalue weighted by molar-refractivity contribution is 0.102. The highest BCUT2D eigenvalue weighted by molar-refractivity contribution is 9.10. The zero-order chi connectivity index (χ0) is 15.0. The molecule has 0 saturated carbocycles. The number of rotatable bonds is 2. The van der Waals surface area contributed by atoms with Crippen LogP contribution in [0.2, 0.25) is 5.02 Å². The van der Waals surface area contributed by atoms with Crippen LogP contribution in [-0.2, 0) is 0 Å². The number of anilines is 1. The Morgan fingerprint density at radius 1 is 1.33 bits per heavy atom. The summed E-state index contributed by atoms with van der Waals surface area (Å²) in [5.74, 6) is -0.182. The molecule has 1 amide bonds. The standard InChI is InChI=1S/C15H10BrClN2OS/c1-8-5-13-12(7-11(8)17)18-15(21-13)19-14(20)9-3-2-4-10(16)6-9/h2-7H,1H3,(H,18,19,20). The van der Waals surface area contributed by atoms with Gasteiger partial charge in [-0.1, -0.05) is 44.9 Å². The van der Waals surface area contributed by atoms with Gasteiger partial charge in [-0.3, -0.25) is 10.1 Å². The lowest BCUT2D eigenvalue weighted by Crippen LogP contribution is -2.11. The van der Waals surface area contributed by atoms with Gasteiger partial charge in [0, 0.05) is 15.1 Å². The molecule has 2 aromatic carbocycles. The molecule has 3 aromatic rings. The number of carbonyl (C=O) groups excluding carboxylic acids is 1. The Morgan fingerprint density at radius 2 is 2.14 bits per heavy atom. The number of benzene rings is 2. The van der Waals surface area contributed by atoms with Gasteiger partial charge in [0.25, 0.3) is 5.91 Å². The number of hydrogen-bond acceptors (Lipinski definition) is 3. The summed E-state index contributed by atoms with van der Waals surface area (Å²) in [4.78, 5) is 16.6. The first kappa shape index (κ1) is 14.5. The minimum Gasteiger partial charge on any atom is -0.298 e. The molecule has 0 fully saturated rings. The van der Waals surface area contributed by atoms with Crippen LogP contribution in [0.3, 0.4) is 0 Å². The number of aromatic nitrogens is 1. The summed E-state index contributed by atoms with van der Waals surface area (Å²) in [6.07, 6.45) is 0. The fourth-order valence-electron chi connectivity index (χ4n) is 1.90. The molecule has 0 radical (unpaired) electrons. The largest absolute Gasteiger partial charge is 0.298 e. The maximum absolute atomic E-state index is 12.2. The van der Waals surface area contributed by atoms with E-state index < -0.39 is 0 Å². The van der Waals surface area contributed by atoms with Crippen LogP contribution in [0, 0.1) is 6.92 Å². The monoisotopic (exact) mass is 380 g/mol. The number of aryl methyl sites for hydroxylation is 1. The highest BCUT2D eigenvalue weighted by atomic mass is 79.9. The van der Waals surface area contributed by atoms with Crippen LogP contribution in [0.5, 0.6) is 0 Å². The molecule has 0 aliphatic rings. The molecule has 0 atom stereocenters. The molecule has 1 N–H and O–H groups in total. The predicted molar refractivity (Wildman–Crippen MR) is 91.5 cm³/mol. The molecular weight excluding hydrogens is 372 g/mol. The van der Waals surface area contributed by atoms with Crippen molar-refractivity contribution in [3.63, 3.8) is 0 Å². The summed E-state index contributed by atoms with van der Waals surface area (Å²) < 4.78 is 1.86. The summed E-state index contributed by atoms with van der Waals surface area (Å²) >= 11 is 10.9. The maximum atomic E-state index is 12.2. The SMILES string of the molecule is Cc1cc2sc(NC(=O)c3cccc(Br)c3)nc2cc1Cl. The fraction of sp³-hybridized carbons (Fsp3) is 0.0667. The number of nitrogens with zero attached hydrogens (tertiary/aromatic N) is 1. The van der Waals surface area contributed by atoms with Gasteiger partial charge in [0.05, 0.1) is 10.2 Å². The van der Waals surface area contributed by atoms with Gasteiger partial charge in [-0.2, -0.15) is 0 Å². The molecule has 106 valence electrons. The first-order valence-electron chi connectivity index (χ1n) is 6.16. The van der Waals surface area contributed by atoms with Gasteiger partial charge in [-0.15, -0.1) is 0 Å². The van der Waals surface area contributed by atoms with Gasteiger partial charge >= 0.3 is 0 Å². The maximum Gasteiger partial charge on any atom is 0.257 e. The van der Waals surface area contributed by atoms with Crippen molar-refractivity contribution in [1.82, 2.24) is 4.98 Å². The second-order valence-corrected chi connectivity index (χ2v) is 6.91. The molecule has 0 aliphatic heterocycles. The van der Waals surface area contributed by atoms with Gasteiger partial charge in [-0.25, -0.2) is 4.98 Å². The van der Waals surface area contributed by atoms with Crippen molar-refractivity contribution < 1.29 is 4.79 Å². The topological polar surface area (TPSA) is 42.0 Å². The minimum atomic E-state index is -0.182. The fourth-order valence-corrected chi connectivity index (χ4v) is 3.40. The molecule has 0 aliphatic carbocycles. The smallest absolute Gasteiger partial charge is 0.257 e. The molecule has 3 nitrogen and oxygen atoms in total. The lowest BCUT2D eigenvalue weighted by atomic mass is 10.2. The van der Waals surface area contributed by atoms with Crippen molar-refractivity contribution in [2.45, 2.75) is 6.92 Å². The third-order valence-electron chi connectivity index (χ3n) is 2.98. The van der Waals surface area contributed by atoms with E-state index in [1.165, 1.54) is 11.3 Å². The second kappa shape index (κ2) is 5.75. The molecule has 6 heteroatoms. The van der Waals surface area contributed by atoms with Gasteiger partial charge in [0.15, 0.2) is 5.13 Å². The summed E-state index contributed by atoms with van der Waals surface area (Å²) in [6.45, 7) is 1.95. The van der Waals surface area contributed by atoms with Crippen molar-refractivity contribution >= 4 is 60.1 Å². The minimum absolute atomic E-state index is 0.182. The zero-order valence-corrected chi connectivity index (χ0v) is 14.1. The molecule has 0 bridgehead atoms. The Bertz CT molecular complexity index is 808. The molecule has 0 spiro atoms. The Balaban J connectivity index is 1.89. The van der Waals surface area contributed by atoms with Gasteiger partial charge in [-0.05, 0) is 42.8 Å². The molecular formula is C15H10BrClN2OS. The van der Waals surface area contributed by atoms with Crippen molar-refractivity contribution in [2.24, 2.45) is 0 Å². The van der Waals surface area contributed by atoms with Crippen LogP contribution in [0.1, 0.15) is 15.9 Å². The van der Waals surface area contributed by atoms with Crippen LogP contribution in [0.25, 0.3) is 10.2 Å². The number of fused-ring (bicyclic) bond motifs is 1. The van der Waals surface area contributed by atoms with E-state index in [9.17, 15) is 4.79 Å². The van der Waals surface area contributed by atoms with E-state index in [1.807, 2.05) is 31.2 Å². The van der Waals surface area contributed by atoms with Crippen LogP contribution in [-0.4, -0.2) is 10.9 Å². The van der Waals surface area contributed by atoms with E-state index in [0.717, 1.165) is 20.3 Å². The third kappa shape index (κ3) is 3.10. The first-order chi connectivity index (χ1) is 10.0. The number of hydrogen-bond donors (Lipinski definition) is 1. The Morgan fingerprint density at radius 3 is 2.90 bits per heavy atom. The molecule has 0 unspecified atom stereocenters. The third-order valence-corrected chi connectivity index (χ3v) is 4.81. The summed E-state index contributed by atoms with van der Waals surface area (Å²) in [5, 5.41) is 4.06. The first-order valence-corrected chi connectivity index (χ1v) is 8.15. The Hall–Kier alpha value is -1.43. The Kier molecular flexibility index (Phi) is 3.97. The van der Waals surface area contributed by atoms with E-state index in [-0.39, 0.29) is 5.91 Å². The van der Waals surface area contributed by atoms with Crippen molar-refractivity contribution in [3.05, 3.63) is 57.0 Å². The predicted octanol–water partition coefficient (Wildman–Crippen LogP) is 5.27. The summed E-state index contributed by atoms with van der Waals surface area (Å²) in [5.41, 5.74) is 2.37. The Labute approximate surface area is 139 Å². The van der Waals surface area contributed by atoms with Crippen molar-refractivity contribution in [3.8, 4) is 0 Å². The molecule has 0 saturated heterocycles. The molecule has 1 heterocycles. The number of thiazole rings is 1. The normalized spacial score (nSPS) is 10.8. The van der Waals surface area contributed by atoms with Gasteiger partial charge in [0.2, 0.25) is 0 Å². The number of nitrogens with one attached hydrogen (secondary N) is 1. The van der Waals surface area contributed by atoms with Crippen LogP contribution >= 0.6 is 38.9 Å². The van der Waals surface area contributed by atoms with Crippen LogP contribution in [0.4, 0.5) is 5.13 Å². The highest BCUT2D eigenvalue weighted by Gasteiger charge is 2.11. The van der Waals surface area contributed by atoms with Crippen molar-refractivity contribution in [2.75, 3.05) is 5.32 Å². The van der Waals surface area contributed by atoms with Crippen LogP contribution < -0.4 is 5.32 Å². The zero-order valence-electron chi connectivity index (χ0n) is 11.0.